The minimum absolute atomic E-state index is 0.498. The van der Waals surface area contributed by atoms with Crippen LogP contribution in [0.2, 0.25) is 0 Å². The van der Waals surface area contributed by atoms with Crippen LogP contribution in [-0.4, -0.2) is 13.2 Å². The SMILES string of the molecule is CCOc1cc([N+]#N)ccc1N(CC)Cc1ccccc1. The van der Waals surface area contributed by atoms with E-state index in [1.54, 1.807) is 12.1 Å². The number of benzene rings is 2. The van der Waals surface area contributed by atoms with E-state index in [4.69, 9.17) is 10.1 Å². The molecule has 21 heavy (non-hydrogen) atoms. The van der Waals surface area contributed by atoms with Crippen molar-refractivity contribution in [2.24, 2.45) is 0 Å². The Labute approximate surface area is 125 Å². The van der Waals surface area contributed by atoms with E-state index in [9.17, 15) is 0 Å². The number of hydrogen-bond donors (Lipinski definition) is 0. The van der Waals surface area contributed by atoms with E-state index in [-0.39, 0.29) is 0 Å². The van der Waals surface area contributed by atoms with Gasteiger partial charge >= 0.3 is 5.69 Å². The summed E-state index contributed by atoms with van der Waals surface area (Å²) in [5, 5.41) is 8.91. The molecule has 0 saturated carbocycles. The Balaban J connectivity index is 2.31. The van der Waals surface area contributed by atoms with E-state index in [1.165, 1.54) is 5.56 Å². The van der Waals surface area contributed by atoms with Crippen molar-refractivity contribution in [3.63, 3.8) is 0 Å². The van der Waals surface area contributed by atoms with E-state index in [2.05, 4.69) is 28.9 Å². The molecule has 2 rings (SSSR count). The van der Waals surface area contributed by atoms with Gasteiger partial charge in [-0.2, -0.15) is 0 Å². The first-order chi connectivity index (χ1) is 10.3. The quantitative estimate of drug-likeness (QED) is 0.727. The molecular formula is C17H20N3O+. The fraction of sp³-hybridized carbons (Fsp3) is 0.294. The lowest BCUT2D eigenvalue weighted by molar-refractivity contribution is 0.340. The topological polar surface area (TPSA) is 40.6 Å². The highest BCUT2D eigenvalue weighted by molar-refractivity contribution is 5.65. The highest BCUT2D eigenvalue weighted by Crippen LogP contribution is 2.33. The minimum Gasteiger partial charge on any atom is -0.491 e. The van der Waals surface area contributed by atoms with E-state index in [0.29, 0.717) is 12.3 Å². The van der Waals surface area contributed by atoms with Gasteiger partial charge in [0.15, 0.2) is 10.7 Å². The molecule has 0 atom stereocenters. The van der Waals surface area contributed by atoms with Gasteiger partial charge in [0.1, 0.15) is 0 Å². The van der Waals surface area contributed by atoms with E-state index in [1.807, 2.05) is 31.2 Å². The zero-order chi connectivity index (χ0) is 15.1. The molecule has 4 nitrogen and oxygen atoms in total. The van der Waals surface area contributed by atoms with Gasteiger partial charge in [-0.15, -0.1) is 0 Å². The molecule has 0 aliphatic carbocycles. The molecule has 0 radical (unpaired) electrons. The smallest absolute Gasteiger partial charge is 0.388 e. The molecule has 0 fully saturated rings. The maximum atomic E-state index is 8.91. The van der Waals surface area contributed by atoms with Crippen molar-refractivity contribution in [2.45, 2.75) is 20.4 Å². The number of nitrogens with zero attached hydrogens (tertiary/aromatic N) is 3. The van der Waals surface area contributed by atoms with E-state index >= 15 is 0 Å². The molecule has 2 aromatic carbocycles. The molecular weight excluding hydrogens is 262 g/mol. The summed E-state index contributed by atoms with van der Waals surface area (Å²) in [4.78, 5) is 5.46. The summed E-state index contributed by atoms with van der Waals surface area (Å²) in [5.41, 5.74) is 2.76. The summed E-state index contributed by atoms with van der Waals surface area (Å²) in [7, 11) is 0. The zero-order valence-electron chi connectivity index (χ0n) is 12.5. The zero-order valence-corrected chi connectivity index (χ0v) is 12.5. The monoisotopic (exact) mass is 282 g/mol. The van der Waals surface area contributed by atoms with Crippen LogP contribution in [0.3, 0.4) is 0 Å². The van der Waals surface area contributed by atoms with Crippen molar-refractivity contribution in [3.05, 3.63) is 59.1 Å². The summed E-state index contributed by atoms with van der Waals surface area (Å²) < 4.78 is 5.69. The molecule has 0 aliphatic rings. The standard InChI is InChI=1S/C17H20N3O/c1-3-20(13-14-8-6-5-7-9-14)16-11-10-15(19-18)12-17(16)21-4-2/h5-12H,3-4,13H2,1-2H3/q+1. The summed E-state index contributed by atoms with van der Waals surface area (Å²) in [6.45, 7) is 6.31. The third kappa shape index (κ3) is 3.73. The Bertz CT molecular complexity index is 620. The first-order valence-electron chi connectivity index (χ1n) is 7.19. The third-order valence-electron chi connectivity index (χ3n) is 3.30. The molecule has 4 heteroatoms. The average molecular weight is 282 g/mol. The van der Waals surface area contributed by atoms with Gasteiger partial charge in [0.25, 0.3) is 0 Å². The van der Waals surface area contributed by atoms with Crippen molar-refractivity contribution in [1.29, 1.82) is 5.39 Å². The van der Waals surface area contributed by atoms with Gasteiger partial charge < -0.3 is 9.64 Å². The van der Waals surface area contributed by atoms with Crippen LogP contribution in [0.5, 0.6) is 5.75 Å². The van der Waals surface area contributed by atoms with Gasteiger partial charge in [0.05, 0.1) is 18.4 Å². The molecule has 0 N–H and O–H groups in total. The first kappa shape index (κ1) is 14.9. The Morgan fingerprint density at radius 1 is 1.10 bits per heavy atom. The minimum atomic E-state index is 0.498. The summed E-state index contributed by atoms with van der Waals surface area (Å²) >= 11 is 0. The lowest BCUT2D eigenvalue weighted by Crippen LogP contribution is -2.22. The molecule has 2 aromatic rings. The second-order valence-electron chi connectivity index (χ2n) is 4.68. The second-order valence-corrected chi connectivity index (χ2v) is 4.68. The normalized spacial score (nSPS) is 9.95. The summed E-state index contributed by atoms with van der Waals surface area (Å²) in [6, 6.07) is 15.8. The highest BCUT2D eigenvalue weighted by Gasteiger charge is 2.16. The van der Waals surface area contributed by atoms with Crippen LogP contribution >= 0.6 is 0 Å². The first-order valence-corrected chi connectivity index (χ1v) is 7.19. The van der Waals surface area contributed by atoms with Gasteiger partial charge in [-0.25, -0.2) is 0 Å². The molecule has 0 spiro atoms. The molecule has 0 saturated heterocycles. The molecule has 0 amide bonds. The summed E-state index contributed by atoms with van der Waals surface area (Å²) in [6.07, 6.45) is 0. The van der Waals surface area contributed by atoms with Gasteiger partial charge in [0, 0.05) is 19.2 Å². The fourth-order valence-corrected chi connectivity index (χ4v) is 2.27. The van der Waals surface area contributed by atoms with E-state index < -0.39 is 0 Å². The van der Waals surface area contributed by atoms with Gasteiger partial charge in [-0.3, -0.25) is 0 Å². The van der Waals surface area contributed by atoms with Crippen LogP contribution in [0.1, 0.15) is 19.4 Å². The predicted molar refractivity (Wildman–Crippen MR) is 85.5 cm³/mol. The predicted octanol–water partition coefficient (Wildman–Crippen LogP) is 4.60. The largest absolute Gasteiger partial charge is 0.491 e. The molecule has 0 bridgehead atoms. The Morgan fingerprint density at radius 3 is 2.48 bits per heavy atom. The number of hydrogen-bond acceptors (Lipinski definition) is 3. The number of ether oxygens (including phenoxy) is 1. The van der Waals surface area contributed by atoms with Crippen molar-refractivity contribution >= 4 is 11.4 Å². The van der Waals surface area contributed by atoms with Crippen LogP contribution in [-0.2, 0) is 6.54 Å². The van der Waals surface area contributed by atoms with Crippen LogP contribution < -0.4 is 9.64 Å². The second kappa shape index (κ2) is 7.30. The highest BCUT2D eigenvalue weighted by atomic mass is 16.5. The maximum absolute atomic E-state index is 8.91. The van der Waals surface area contributed by atoms with Crippen molar-refractivity contribution in [3.8, 4) is 5.75 Å². The van der Waals surface area contributed by atoms with Crippen molar-refractivity contribution in [1.82, 2.24) is 0 Å². The Hall–Kier alpha value is -2.54. The van der Waals surface area contributed by atoms with E-state index in [0.717, 1.165) is 24.5 Å². The Kier molecular flexibility index (Phi) is 5.16. The molecule has 0 heterocycles. The van der Waals surface area contributed by atoms with Gasteiger partial charge in [-0.05, 0) is 25.5 Å². The molecule has 0 aromatic heterocycles. The Morgan fingerprint density at radius 2 is 1.86 bits per heavy atom. The summed E-state index contributed by atoms with van der Waals surface area (Å²) in [5.74, 6) is 0.741. The fourth-order valence-electron chi connectivity index (χ4n) is 2.27. The van der Waals surface area contributed by atoms with Crippen LogP contribution in [0.15, 0.2) is 48.5 Å². The average Bonchev–Trinajstić information content (AvgIpc) is 2.54. The van der Waals surface area contributed by atoms with Crippen LogP contribution in [0, 0.1) is 5.39 Å². The number of rotatable bonds is 6. The molecule has 0 unspecified atom stereocenters. The van der Waals surface area contributed by atoms with Crippen molar-refractivity contribution < 1.29 is 4.74 Å². The van der Waals surface area contributed by atoms with Crippen molar-refractivity contribution in [2.75, 3.05) is 18.1 Å². The third-order valence-corrected chi connectivity index (χ3v) is 3.30. The molecule has 108 valence electrons. The van der Waals surface area contributed by atoms with Crippen LogP contribution in [0.25, 0.3) is 4.98 Å². The number of anilines is 1. The van der Waals surface area contributed by atoms with Gasteiger partial charge in [0.2, 0.25) is 5.39 Å². The lowest BCUT2D eigenvalue weighted by Gasteiger charge is -2.25. The number of diazo groups is 1. The molecule has 0 aliphatic heterocycles. The van der Waals surface area contributed by atoms with Gasteiger partial charge in [-0.1, -0.05) is 30.3 Å². The lowest BCUT2D eigenvalue weighted by atomic mass is 10.2. The maximum Gasteiger partial charge on any atom is 0.388 e. The van der Waals surface area contributed by atoms with Crippen LogP contribution in [0.4, 0.5) is 11.4 Å².